The van der Waals surface area contributed by atoms with E-state index in [9.17, 15) is 45.6 Å². The van der Waals surface area contributed by atoms with Gasteiger partial charge in [-0.25, -0.2) is 4.79 Å². The first-order chi connectivity index (χ1) is 18.2. The Labute approximate surface area is 225 Å². The van der Waals surface area contributed by atoms with Crippen molar-refractivity contribution in [3.63, 3.8) is 0 Å². The summed E-state index contributed by atoms with van der Waals surface area (Å²) in [5.74, 6) is -6.48. The third kappa shape index (κ3) is 3.33. The molecule has 3 saturated carbocycles. The van der Waals surface area contributed by atoms with Crippen molar-refractivity contribution < 1.29 is 59.9 Å². The van der Waals surface area contributed by atoms with Crippen LogP contribution in [-0.2, 0) is 19.0 Å². The Bertz CT molecular complexity index is 1050. The molecule has 5 fully saturated rings. The van der Waals surface area contributed by atoms with E-state index in [2.05, 4.69) is 0 Å². The van der Waals surface area contributed by atoms with Gasteiger partial charge in [0.15, 0.2) is 11.9 Å². The first-order valence-corrected chi connectivity index (χ1v) is 13.8. The number of carbonyl (C=O) groups is 1. The predicted molar refractivity (Wildman–Crippen MR) is 129 cm³/mol. The highest BCUT2D eigenvalue weighted by Gasteiger charge is 2.83. The summed E-state index contributed by atoms with van der Waals surface area (Å²) in [5.41, 5.74) is -1.49. The Balaban J connectivity index is 1.42. The number of allylic oxidation sites excluding steroid dienone is 1. The fourth-order valence-corrected chi connectivity index (χ4v) is 9.69. The standard InChI is InChI=1S/C27H40O12/c1-9-4-14(38-13-5-11(7-28)17(29)20(32)18(13)30)22(34)25(3)12(9)6-15-26-8-37-27(36,24(25)26)21(33)10(2)16(26)19(31)23(35)39-15/h4,10-22,24,28-34,36H,5-8H2,1-3H3/t10-,11-,12+,13-,14+,15-,16-,17-,18+,19+,20+,21-,22-,24-,25-,26+,27+/m1/s1. The summed E-state index contributed by atoms with van der Waals surface area (Å²) in [4.78, 5) is 12.7. The Kier molecular flexibility index (Phi) is 6.38. The first-order valence-electron chi connectivity index (χ1n) is 13.8. The van der Waals surface area contributed by atoms with Gasteiger partial charge in [0.2, 0.25) is 0 Å². The number of carbonyl (C=O) groups excluding carboxylic acids is 1. The third-order valence-corrected chi connectivity index (χ3v) is 11.5. The molecule has 0 aromatic heterocycles. The third-order valence-electron chi connectivity index (χ3n) is 11.5. The van der Waals surface area contributed by atoms with Crippen molar-refractivity contribution in [2.75, 3.05) is 13.2 Å². The molecule has 2 saturated heterocycles. The zero-order valence-corrected chi connectivity index (χ0v) is 22.2. The second-order valence-electron chi connectivity index (χ2n) is 13.1. The molecule has 4 aliphatic carbocycles. The molecule has 0 radical (unpaired) electrons. The molecule has 0 amide bonds. The molecule has 6 aliphatic rings. The minimum atomic E-state index is -2.10. The molecule has 12 nitrogen and oxygen atoms in total. The average Bonchev–Trinajstić information content (AvgIpc) is 3.18. The lowest BCUT2D eigenvalue weighted by Crippen LogP contribution is -2.78. The van der Waals surface area contributed by atoms with E-state index < -0.39 is 114 Å². The molecular weight excluding hydrogens is 516 g/mol. The van der Waals surface area contributed by atoms with Gasteiger partial charge in [-0.3, -0.25) is 0 Å². The second kappa shape index (κ2) is 8.90. The molecular formula is C27H40O12. The van der Waals surface area contributed by atoms with Crippen molar-refractivity contribution in [1.82, 2.24) is 0 Å². The number of hydrogen-bond donors (Lipinski definition) is 8. The maximum absolute atomic E-state index is 12.7. The van der Waals surface area contributed by atoms with Crippen LogP contribution in [0.2, 0.25) is 0 Å². The minimum absolute atomic E-state index is 0.0368. The molecule has 8 N–H and O–H groups in total. The molecule has 12 heteroatoms. The van der Waals surface area contributed by atoms with E-state index in [1.165, 1.54) is 0 Å². The van der Waals surface area contributed by atoms with Gasteiger partial charge in [-0.05, 0) is 31.6 Å². The quantitative estimate of drug-likeness (QED) is 0.133. The van der Waals surface area contributed by atoms with Crippen LogP contribution in [0.3, 0.4) is 0 Å². The molecule has 39 heavy (non-hydrogen) atoms. The van der Waals surface area contributed by atoms with Crippen LogP contribution in [0.25, 0.3) is 0 Å². The molecule has 2 aliphatic heterocycles. The molecule has 220 valence electrons. The summed E-state index contributed by atoms with van der Waals surface area (Å²) in [6.45, 7) is 4.77. The van der Waals surface area contributed by atoms with Gasteiger partial charge < -0.3 is 55.1 Å². The van der Waals surface area contributed by atoms with Crippen LogP contribution in [0.1, 0.15) is 33.6 Å². The number of rotatable bonds is 3. The van der Waals surface area contributed by atoms with E-state index >= 15 is 0 Å². The molecule has 0 unspecified atom stereocenters. The zero-order chi connectivity index (χ0) is 28.4. The summed E-state index contributed by atoms with van der Waals surface area (Å²) in [5, 5.41) is 87.2. The van der Waals surface area contributed by atoms with Crippen molar-refractivity contribution >= 4 is 5.97 Å². The van der Waals surface area contributed by atoms with Crippen molar-refractivity contribution in [3.8, 4) is 0 Å². The number of aliphatic hydroxyl groups excluding tert-OH is 7. The fraction of sp³-hybridized carbons (Fsp3) is 0.889. The summed E-state index contributed by atoms with van der Waals surface area (Å²) >= 11 is 0. The van der Waals surface area contributed by atoms with Crippen molar-refractivity contribution in [3.05, 3.63) is 11.6 Å². The average molecular weight is 557 g/mol. The number of esters is 1. The molecule has 2 heterocycles. The molecule has 2 bridgehead atoms. The second-order valence-corrected chi connectivity index (χ2v) is 13.1. The van der Waals surface area contributed by atoms with Crippen LogP contribution in [0.15, 0.2) is 11.6 Å². The Hall–Kier alpha value is -1.19. The number of ether oxygens (including phenoxy) is 3. The van der Waals surface area contributed by atoms with Crippen LogP contribution in [0, 0.1) is 40.4 Å². The van der Waals surface area contributed by atoms with Crippen LogP contribution in [0.5, 0.6) is 0 Å². The predicted octanol–water partition coefficient (Wildman–Crippen LogP) is -2.58. The smallest absolute Gasteiger partial charge is 0.335 e. The van der Waals surface area contributed by atoms with Crippen molar-refractivity contribution in [2.24, 2.45) is 40.4 Å². The summed E-state index contributed by atoms with van der Waals surface area (Å²) in [6, 6.07) is 0. The maximum atomic E-state index is 12.7. The SMILES string of the molecule is CC1=C[C@H](O[C@@H]2C[C@H](CO)[C@@H](O)[C@H](O)[C@H]2O)[C@@H](O)[C@]2(C)[C@H]3[C@@]4(O)OC[C@]35[C@H]([C@@H](C)[C@H]4O)[C@H](O)C(=O)O[C@@H]5C[C@@H]12. The monoisotopic (exact) mass is 556 g/mol. The maximum Gasteiger partial charge on any atom is 0.335 e. The van der Waals surface area contributed by atoms with Gasteiger partial charge in [0.1, 0.15) is 30.5 Å². The molecule has 0 aromatic carbocycles. The van der Waals surface area contributed by atoms with Gasteiger partial charge in [-0.2, -0.15) is 0 Å². The Morgan fingerprint density at radius 1 is 1.05 bits per heavy atom. The van der Waals surface area contributed by atoms with E-state index in [1.807, 2.05) is 6.92 Å². The van der Waals surface area contributed by atoms with E-state index in [4.69, 9.17) is 14.2 Å². The first kappa shape index (κ1) is 28.0. The van der Waals surface area contributed by atoms with E-state index in [-0.39, 0.29) is 13.0 Å². The summed E-state index contributed by atoms with van der Waals surface area (Å²) in [6.07, 6.45) is -9.36. The molecule has 17 atom stereocenters. The number of aliphatic hydroxyl groups is 8. The highest BCUT2D eigenvalue weighted by atomic mass is 16.7. The van der Waals surface area contributed by atoms with Gasteiger partial charge in [0.25, 0.3) is 0 Å². The van der Waals surface area contributed by atoms with Crippen molar-refractivity contribution in [1.29, 1.82) is 0 Å². The number of hydrogen-bond acceptors (Lipinski definition) is 12. The van der Waals surface area contributed by atoms with E-state index in [0.717, 1.165) is 5.57 Å². The Morgan fingerprint density at radius 2 is 1.74 bits per heavy atom. The van der Waals surface area contributed by atoms with Gasteiger partial charge in [-0.15, -0.1) is 0 Å². The van der Waals surface area contributed by atoms with Gasteiger partial charge in [-0.1, -0.05) is 25.5 Å². The summed E-state index contributed by atoms with van der Waals surface area (Å²) < 4.78 is 17.9. The highest BCUT2D eigenvalue weighted by Crippen LogP contribution is 2.73. The van der Waals surface area contributed by atoms with Gasteiger partial charge in [0, 0.05) is 35.2 Å². The lowest BCUT2D eigenvalue weighted by Gasteiger charge is -2.68. The van der Waals surface area contributed by atoms with Gasteiger partial charge in [0.05, 0.1) is 24.9 Å². The van der Waals surface area contributed by atoms with Crippen LogP contribution in [0.4, 0.5) is 0 Å². The van der Waals surface area contributed by atoms with Gasteiger partial charge >= 0.3 is 5.97 Å². The highest BCUT2D eigenvalue weighted by molar-refractivity contribution is 5.76. The zero-order valence-electron chi connectivity index (χ0n) is 22.2. The largest absolute Gasteiger partial charge is 0.460 e. The summed E-state index contributed by atoms with van der Waals surface area (Å²) in [7, 11) is 0. The Morgan fingerprint density at radius 3 is 2.41 bits per heavy atom. The topological polar surface area (TPSA) is 207 Å². The van der Waals surface area contributed by atoms with E-state index in [1.54, 1.807) is 19.9 Å². The van der Waals surface area contributed by atoms with Crippen LogP contribution >= 0.6 is 0 Å². The van der Waals surface area contributed by atoms with Crippen LogP contribution in [-0.4, -0.2) is 121 Å². The molecule has 1 spiro atoms. The normalized spacial score (nSPS) is 60.2. The van der Waals surface area contributed by atoms with E-state index in [0.29, 0.717) is 6.42 Å². The molecule has 0 aromatic rings. The lowest BCUT2D eigenvalue weighted by molar-refractivity contribution is -0.346. The fourth-order valence-electron chi connectivity index (χ4n) is 9.69. The minimum Gasteiger partial charge on any atom is -0.460 e. The van der Waals surface area contributed by atoms with Crippen molar-refractivity contribution in [2.45, 2.75) is 94.3 Å². The molecule has 6 rings (SSSR count). The number of fused-ring (bicyclic) bond motifs is 1. The lowest BCUT2D eigenvalue weighted by atomic mass is 9.38. The van der Waals surface area contributed by atoms with Crippen LogP contribution < -0.4 is 0 Å².